The van der Waals surface area contributed by atoms with Crippen LogP contribution in [0.2, 0.25) is 0 Å². The molecule has 0 fully saturated rings. The lowest BCUT2D eigenvalue weighted by atomic mass is 10.3. The second kappa shape index (κ2) is 6.36. The Kier molecular flexibility index (Phi) is 4.55. The highest BCUT2D eigenvalue weighted by molar-refractivity contribution is 7.14. The van der Waals surface area contributed by atoms with E-state index in [4.69, 9.17) is 5.26 Å². The van der Waals surface area contributed by atoms with Gasteiger partial charge in [0.2, 0.25) is 0 Å². The second-order valence-electron chi connectivity index (χ2n) is 4.40. The van der Waals surface area contributed by atoms with Gasteiger partial charge in [-0.15, -0.1) is 10.2 Å². The lowest BCUT2D eigenvalue weighted by molar-refractivity contribution is 0.588. The van der Waals surface area contributed by atoms with Gasteiger partial charge in [-0.1, -0.05) is 25.2 Å². The van der Waals surface area contributed by atoms with E-state index >= 15 is 0 Å². The Morgan fingerprint density at radius 1 is 1.37 bits per heavy atom. The molecule has 1 N–H and O–H groups in total. The van der Waals surface area contributed by atoms with Crippen LogP contribution in [-0.2, 0) is 6.42 Å². The predicted octanol–water partition coefficient (Wildman–Crippen LogP) is 2.01. The first-order valence-electron chi connectivity index (χ1n) is 6.11. The fraction of sp³-hybridized carbons (Fsp3) is 0.385. The molecule has 0 atom stereocenters. The smallest absolute Gasteiger partial charge is 0.166 e. The van der Waals surface area contributed by atoms with Gasteiger partial charge in [0.05, 0.1) is 5.56 Å². The lowest BCUT2D eigenvalue weighted by Gasteiger charge is -2.04. The average molecular weight is 273 g/mol. The topological polar surface area (TPSA) is 74.5 Å². The van der Waals surface area contributed by atoms with Gasteiger partial charge in [-0.25, -0.2) is 0 Å². The van der Waals surface area contributed by atoms with E-state index in [0.717, 1.165) is 28.7 Å². The molecule has 0 radical (unpaired) electrons. The molecule has 0 unspecified atom stereocenters. The number of hydrogen-bond acceptors (Lipinski definition) is 6. The maximum absolute atomic E-state index is 8.72. The summed E-state index contributed by atoms with van der Waals surface area (Å²) < 4.78 is 0. The summed E-state index contributed by atoms with van der Waals surface area (Å²) in [6.07, 6.45) is 2.42. The van der Waals surface area contributed by atoms with Crippen LogP contribution in [0.1, 0.15) is 24.4 Å². The SMILES string of the molecule is CC(C)NCCc1nnc(-c2ccc(C#N)cn2)s1. The molecule has 2 rings (SSSR count). The Morgan fingerprint density at radius 2 is 2.21 bits per heavy atom. The molecule has 0 bridgehead atoms. The molecule has 19 heavy (non-hydrogen) atoms. The van der Waals surface area contributed by atoms with Gasteiger partial charge in [0.15, 0.2) is 5.01 Å². The van der Waals surface area contributed by atoms with Crippen molar-refractivity contribution < 1.29 is 0 Å². The first-order chi connectivity index (χ1) is 9.19. The van der Waals surface area contributed by atoms with Crippen LogP contribution in [-0.4, -0.2) is 27.8 Å². The monoisotopic (exact) mass is 273 g/mol. The van der Waals surface area contributed by atoms with Gasteiger partial charge >= 0.3 is 0 Å². The number of rotatable bonds is 5. The van der Waals surface area contributed by atoms with Gasteiger partial charge in [0.1, 0.15) is 16.8 Å². The van der Waals surface area contributed by atoms with Crippen molar-refractivity contribution in [2.45, 2.75) is 26.3 Å². The zero-order valence-electron chi connectivity index (χ0n) is 10.9. The molecule has 0 amide bonds. The minimum Gasteiger partial charge on any atom is -0.314 e. The molecule has 2 aromatic heterocycles. The molecule has 2 heterocycles. The number of hydrogen-bond donors (Lipinski definition) is 1. The van der Waals surface area contributed by atoms with E-state index in [-0.39, 0.29) is 0 Å². The third-order valence-corrected chi connectivity index (χ3v) is 3.48. The van der Waals surface area contributed by atoms with Crippen molar-refractivity contribution in [1.29, 1.82) is 5.26 Å². The summed E-state index contributed by atoms with van der Waals surface area (Å²) in [5.74, 6) is 0. The average Bonchev–Trinajstić information content (AvgIpc) is 2.87. The molecule has 0 saturated heterocycles. The normalized spacial score (nSPS) is 10.6. The molecular formula is C13H15N5S. The van der Waals surface area contributed by atoms with E-state index in [2.05, 4.69) is 34.3 Å². The lowest BCUT2D eigenvalue weighted by Crippen LogP contribution is -2.24. The molecule has 2 aromatic rings. The summed E-state index contributed by atoms with van der Waals surface area (Å²) in [5, 5.41) is 22.1. The fourth-order valence-electron chi connectivity index (χ4n) is 1.51. The number of nitrogens with zero attached hydrogens (tertiary/aromatic N) is 4. The molecule has 0 aromatic carbocycles. The second-order valence-corrected chi connectivity index (χ2v) is 5.47. The molecule has 6 heteroatoms. The first kappa shape index (κ1) is 13.6. The summed E-state index contributed by atoms with van der Waals surface area (Å²) in [7, 11) is 0. The van der Waals surface area contributed by atoms with Crippen molar-refractivity contribution in [2.75, 3.05) is 6.54 Å². The van der Waals surface area contributed by atoms with Gasteiger partial charge in [0.25, 0.3) is 0 Å². The van der Waals surface area contributed by atoms with E-state index in [1.54, 1.807) is 29.7 Å². The van der Waals surface area contributed by atoms with Gasteiger partial charge in [-0.3, -0.25) is 4.98 Å². The van der Waals surface area contributed by atoms with Crippen molar-refractivity contribution in [3.8, 4) is 16.8 Å². The highest BCUT2D eigenvalue weighted by atomic mass is 32.1. The van der Waals surface area contributed by atoms with Crippen molar-refractivity contribution in [2.24, 2.45) is 0 Å². The van der Waals surface area contributed by atoms with Crippen molar-refractivity contribution in [3.63, 3.8) is 0 Å². The van der Waals surface area contributed by atoms with Crippen LogP contribution in [0.4, 0.5) is 0 Å². The summed E-state index contributed by atoms with van der Waals surface area (Å²) in [5.41, 5.74) is 1.31. The number of aromatic nitrogens is 3. The molecule has 0 saturated carbocycles. The Labute approximate surface area is 116 Å². The maximum atomic E-state index is 8.72. The quantitative estimate of drug-likeness (QED) is 0.902. The summed E-state index contributed by atoms with van der Waals surface area (Å²) >= 11 is 1.54. The van der Waals surface area contributed by atoms with Crippen molar-refractivity contribution >= 4 is 11.3 Å². The molecule has 0 spiro atoms. The van der Waals surface area contributed by atoms with Crippen LogP contribution in [0.3, 0.4) is 0 Å². The summed E-state index contributed by atoms with van der Waals surface area (Å²) in [6, 6.07) is 6.07. The van der Waals surface area contributed by atoms with Gasteiger partial charge in [-0.2, -0.15) is 5.26 Å². The van der Waals surface area contributed by atoms with Crippen molar-refractivity contribution in [1.82, 2.24) is 20.5 Å². The zero-order chi connectivity index (χ0) is 13.7. The fourth-order valence-corrected chi connectivity index (χ4v) is 2.33. The zero-order valence-corrected chi connectivity index (χ0v) is 11.7. The number of nitrogens with one attached hydrogen (secondary N) is 1. The minimum atomic E-state index is 0.479. The molecule has 0 aliphatic heterocycles. The van der Waals surface area contributed by atoms with E-state index in [1.807, 2.05) is 6.07 Å². The summed E-state index contributed by atoms with van der Waals surface area (Å²) in [4.78, 5) is 4.21. The molecular weight excluding hydrogens is 258 g/mol. The van der Waals surface area contributed by atoms with Gasteiger partial charge < -0.3 is 5.32 Å². The molecule has 5 nitrogen and oxygen atoms in total. The maximum Gasteiger partial charge on any atom is 0.166 e. The molecule has 98 valence electrons. The number of nitriles is 1. The largest absolute Gasteiger partial charge is 0.314 e. The van der Waals surface area contributed by atoms with E-state index in [0.29, 0.717) is 11.6 Å². The highest BCUT2D eigenvalue weighted by Gasteiger charge is 2.08. The Bertz CT molecular complexity index is 567. The van der Waals surface area contributed by atoms with Crippen LogP contribution in [0, 0.1) is 11.3 Å². The van der Waals surface area contributed by atoms with Crippen LogP contribution in [0.25, 0.3) is 10.7 Å². The Morgan fingerprint density at radius 3 is 2.84 bits per heavy atom. The van der Waals surface area contributed by atoms with E-state index < -0.39 is 0 Å². The predicted molar refractivity (Wildman–Crippen MR) is 74.7 cm³/mol. The minimum absolute atomic E-state index is 0.479. The van der Waals surface area contributed by atoms with Gasteiger partial charge in [0, 0.05) is 25.2 Å². The molecule has 0 aliphatic carbocycles. The number of pyridine rings is 1. The van der Waals surface area contributed by atoms with Crippen LogP contribution in [0.5, 0.6) is 0 Å². The standard InChI is InChI=1S/C13H15N5S/c1-9(2)15-6-5-12-17-18-13(19-12)11-4-3-10(7-14)8-16-11/h3-4,8-9,15H,5-6H2,1-2H3. The molecule has 0 aliphatic rings. The van der Waals surface area contributed by atoms with Crippen LogP contribution in [0.15, 0.2) is 18.3 Å². The Hall–Kier alpha value is -1.84. The van der Waals surface area contributed by atoms with E-state index in [9.17, 15) is 0 Å². The third-order valence-electron chi connectivity index (χ3n) is 2.47. The first-order valence-corrected chi connectivity index (χ1v) is 6.93. The third kappa shape index (κ3) is 3.81. The highest BCUT2D eigenvalue weighted by Crippen LogP contribution is 2.21. The van der Waals surface area contributed by atoms with Crippen LogP contribution < -0.4 is 5.32 Å². The van der Waals surface area contributed by atoms with Crippen LogP contribution >= 0.6 is 11.3 Å². The van der Waals surface area contributed by atoms with E-state index in [1.165, 1.54) is 0 Å². The van der Waals surface area contributed by atoms with Gasteiger partial charge in [-0.05, 0) is 12.1 Å². The van der Waals surface area contributed by atoms with Crippen molar-refractivity contribution in [3.05, 3.63) is 28.9 Å². The Balaban J connectivity index is 2.01. The summed E-state index contributed by atoms with van der Waals surface area (Å²) in [6.45, 7) is 5.13.